The predicted molar refractivity (Wildman–Crippen MR) is 71.6 cm³/mol. The number of aryl methyl sites for hydroxylation is 1. The lowest BCUT2D eigenvalue weighted by molar-refractivity contribution is 0.584. The Morgan fingerprint density at radius 3 is 2.78 bits per heavy atom. The minimum Gasteiger partial charge on any atom is -0.367 e. The lowest BCUT2D eigenvalue weighted by Crippen LogP contribution is -2.44. The first-order chi connectivity index (χ1) is 8.83. The lowest BCUT2D eigenvalue weighted by Gasteiger charge is -2.28. The molecule has 1 fully saturated rings. The maximum atomic E-state index is 4.54. The van der Waals surface area contributed by atoms with E-state index < -0.39 is 0 Å². The molecule has 0 atom stereocenters. The van der Waals surface area contributed by atoms with Crippen LogP contribution in [0.4, 0.5) is 5.82 Å². The Morgan fingerprint density at radius 1 is 1.22 bits per heavy atom. The molecule has 2 aromatic rings. The fraction of sp³-hybridized carbons (Fsp3) is 0.385. The van der Waals surface area contributed by atoms with E-state index >= 15 is 0 Å². The summed E-state index contributed by atoms with van der Waals surface area (Å²) in [5.74, 6) is 1.85. The van der Waals surface area contributed by atoms with Gasteiger partial charge >= 0.3 is 0 Å². The van der Waals surface area contributed by atoms with Crippen molar-refractivity contribution in [3.63, 3.8) is 0 Å². The predicted octanol–water partition coefficient (Wildman–Crippen LogP) is 1.19. The average Bonchev–Trinajstić information content (AvgIpc) is 2.93. The van der Waals surface area contributed by atoms with Crippen molar-refractivity contribution in [1.82, 2.24) is 20.3 Å². The smallest absolute Gasteiger partial charge is 0.132 e. The Morgan fingerprint density at radius 2 is 2.06 bits per heavy atom. The summed E-state index contributed by atoms with van der Waals surface area (Å²) in [6.07, 6.45) is 3.88. The zero-order valence-electron chi connectivity index (χ0n) is 10.5. The van der Waals surface area contributed by atoms with E-state index in [0.717, 1.165) is 49.1 Å². The highest BCUT2D eigenvalue weighted by molar-refractivity contribution is 5.62. The molecule has 3 rings (SSSR count). The molecule has 0 amide bonds. The number of nitrogens with zero attached hydrogens (tertiary/aromatic N) is 3. The van der Waals surface area contributed by atoms with Crippen molar-refractivity contribution < 1.29 is 0 Å². The molecular weight excluding hydrogens is 226 g/mol. The second-order valence-corrected chi connectivity index (χ2v) is 4.50. The van der Waals surface area contributed by atoms with Crippen LogP contribution in [0.1, 0.15) is 5.82 Å². The summed E-state index contributed by atoms with van der Waals surface area (Å²) in [4.78, 5) is 14.4. The molecule has 94 valence electrons. The zero-order valence-corrected chi connectivity index (χ0v) is 10.5. The van der Waals surface area contributed by atoms with Crippen molar-refractivity contribution in [2.24, 2.45) is 0 Å². The molecule has 1 saturated heterocycles. The molecule has 0 unspecified atom stereocenters. The minimum atomic E-state index is 0.822. The molecule has 0 aromatic carbocycles. The molecule has 18 heavy (non-hydrogen) atoms. The number of hydrogen-bond acceptors (Lipinski definition) is 4. The molecule has 0 bridgehead atoms. The largest absolute Gasteiger partial charge is 0.367 e. The summed E-state index contributed by atoms with van der Waals surface area (Å²) in [6.45, 7) is 5.99. The first-order valence-corrected chi connectivity index (χ1v) is 6.27. The molecule has 0 spiro atoms. The minimum absolute atomic E-state index is 0.822. The van der Waals surface area contributed by atoms with Crippen LogP contribution in [-0.4, -0.2) is 41.1 Å². The topological polar surface area (TPSA) is 56.8 Å². The molecule has 2 N–H and O–H groups in total. The third-order valence-corrected chi connectivity index (χ3v) is 3.16. The van der Waals surface area contributed by atoms with Gasteiger partial charge in [-0.15, -0.1) is 0 Å². The van der Waals surface area contributed by atoms with Gasteiger partial charge in [0, 0.05) is 50.2 Å². The van der Waals surface area contributed by atoms with Gasteiger partial charge in [0.15, 0.2) is 0 Å². The van der Waals surface area contributed by atoms with E-state index in [1.165, 1.54) is 0 Å². The maximum Gasteiger partial charge on any atom is 0.132 e. The molecule has 1 aliphatic heterocycles. The molecule has 0 radical (unpaired) electrons. The van der Waals surface area contributed by atoms with Crippen LogP contribution in [0.2, 0.25) is 0 Å². The fourth-order valence-corrected chi connectivity index (χ4v) is 2.24. The van der Waals surface area contributed by atoms with Gasteiger partial charge in [-0.1, -0.05) is 0 Å². The Balaban J connectivity index is 1.95. The van der Waals surface area contributed by atoms with Crippen LogP contribution >= 0.6 is 0 Å². The van der Waals surface area contributed by atoms with Crippen molar-refractivity contribution in [3.8, 4) is 11.3 Å². The van der Waals surface area contributed by atoms with Gasteiger partial charge in [-0.05, 0) is 13.0 Å². The van der Waals surface area contributed by atoms with Gasteiger partial charge in [-0.25, -0.2) is 9.97 Å². The first kappa shape index (κ1) is 11.2. The van der Waals surface area contributed by atoms with Crippen LogP contribution in [0, 0.1) is 6.92 Å². The maximum absolute atomic E-state index is 4.54. The van der Waals surface area contributed by atoms with Gasteiger partial charge in [0.1, 0.15) is 11.6 Å². The number of aromatic amines is 1. The first-order valence-electron chi connectivity index (χ1n) is 6.27. The van der Waals surface area contributed by atoms with Crippen LogP contribution in [0.5, 0.6) is 0 Å². The molecule has 0 aliphatic carbocycles. The Bertz CT molecular complexity index is 514. The van der Waals surface area contributed by atoms with E-state index in [1.807, 2.05) is 25.4 Å². The number of aromatic nitrogens is 3. The highest BCUT2D eigenvalue weighted by Crippen LogP contribution is 2.21. The van der Waals surface area contributed by atoms with Crippen molar-refractivity contribution in [2.75, 3.05) is 31.1 Å². The molecule has 0 saturated carbocycles. The van der Waals surface area contributed by atoms with Gasteiger partial charge in [-0.3, -0.25) is 0 Å². The normalized spacial score (nSPS) is 15.9. The quantitative estimate of drug-likeness (QED) is 0.832. The number of H-pyrrole nitrogens is 1. The van der Waals surface area contributed by atoms with Crippen LogP contribution in [0.3, 0.4) is 0 Å². The number of rotatable bonds is 2. The Kier molecular flexibility index (Phi) is 2.98. The molecule has 5 nitrogen and oxygen atoms in total. The van der Waals surface area contributed by atoms with E-state index in [2.05, 4.69) is 31.2 Å². The average molecular weight is 243 g/mol. The van der Waals surface area contributed by atoms with Gasteiger partial charge in [0.25, 0.3) is 0 Å². The molecule has 2 aromatic heterocycles. The molecular formula is C13H17N5. The molecule has 3 heterocycles. The number of anilines is 1. The summed E-state index contributed by atoms with van der Waals surface area (Å²) in [5, 5.41) is 3.35. The SMILES string of the molecule is Cc1nc(-c2cc[nH]c2)cc(N2CCNCC2)n1. The summed E-state index contributed by atoms with van der Waals surface area (Å²) >= 11 is 0. The van der Waals surface area contributed by atoms with Crippen LogP contribution in [-0.2, 0) is 0 Å². The number of piperazine rings is 1. The Hall–Kier alpha value is -1.88. The van der Waals surface area contributed by atoms with E-state index in [-0.39, 0.29) is 0 Å². The van der Waals surface area contributed by atoms with Gasteiger partial charge < -0.3 is 15.2 Å². The second-order valence-electron chi connectivity index (χ2n) is 4.50. The summed E-state index contributed by atoms with van der Waals surface area (Å²) in [6, 6.07) is 4.10. The Labute approximate surface area is 106 Å². The van der Waals surface area contributed by atoms with E-state index in [0.29, 0.717) is 0 Å². The van der Waals surface area contributed by atoms with Crippen molar-refractivity contribution in [3.05, 3.63) is 30.4 Å². The van der Waals surface area contributed by atoms with Crippen molar-refractivity contribution in [2.45, 2.75) is 6.92 Å². The van der Waals surface area contributed by atoms with Gasteiger partial charge in [-0.2, -0.15) is 0 Å². The van der Waals surface area contributed by atoms with E-state index in [9.17, 15) is 0 Å². The van der Waals surface area contributed by atoms with Gasteiger partial charge in [0.2, 0.25) is 0 Å². The second kappa shape index (κ2) is 4.78. The third-order valence-electron chi connectivity index (χ3n) is 3.16. The monoisotopic (exact) mass is 243 g/mol. The number of hydrogen-bond donors (Lipinski definition) is 2. The van der Waals surface area contributed by atoms with Crippen molar-refractivity contribution in [1.29, 1.82) is 0 Å². The van der Waals surface area contributed by atoms with Crippen LogP contribution in [0.25, 0.3) is 11.3 Å². The van der Waals surface area contributed by atoms with E-state index in [4.69, 9.17) is 0 Å². The third kappa shape index (κ3) is 2.22. The summed E-state index contributed by atoms with van der Waals surface area (Å²) < 4.78 is 0. The fourth-order valence-electron chi connectivity index (χ4n) is 2.24. The molecule has 1 aliphatic rings. The highest BCUT2D eigenvalue weighted by atomic mass is 15.2. The van der Waals surface area contributed by atoms with Crippen LogP contribution < -0.4 is 10.2 Å². The molecule has 5 heteroatoms. The van der Waals surface area contributed by atoms with Crippen LogP contribution in [0.15, 0.2) is 24.5 Å². The van der Waals surface area contributed by atoms with Gasteiger partial charge in [0.05, 0.1) is 5.69 Å². The van der Waals surface area contributed by atoms with E-state index in [1.54, 1.807) is 0 Å². The summed E-state index contributed by atoms with van der Waals surface area (Å²) in [5.41, 5.74) is 2.09. The highest BCUT2D eigenvalue weighted by Gasteiger charge is 2.13. The lowest BCUT2D eigenvalue weighted by atomic mass is 10.2. The zero-order chi connectivity index (χ0) is 12.4. The summed E-state index contributed by atoms with van der Waals surface area (Å²) in [7, 11) is 0. The van der Waals surface area contributed by atoms with Crippen molar-refractivity contribution >= 4 is 5.82 Å². The number of nitrogens with one attached hydrogen (secondary N) is 2. The standard InChI is InChI=1S/C13H17N5/c1-10-16-12(11-2-3-15-9-11)8-13(17-10)18-6-4-14-5-7-18/h2-3,8-9,14-15H,4-7H2,1H3.